The minimum absolute atomic E-state index is 0.0552. The Morgan fingerprint density at radius 3 is 2.77 bits per heavy atom. The lowest BCUT2D eigenvalue weighted by atomic mass is 10.1. The molecule has 3 aromatic rings. The molecule has 1 aliphatic heterocycles. The molecule has 2 N–H and O–H groups in total. The van der Waals surface area contributed by atoms with Crippen molar-refractivity contribution in [2.45, 2.75) is 0 Å². The molecular formula is C20H16N2O3S. The fourth-order valence-electron chi connectivity index (χ4n) is 2.79. The summed E-state index contributed by atoms with van der Waals surface area (Å²) in [6.45, 7) is 1.16. The molecule has 0 fully saturated rings. The van der Waals surface area contributed by atoms with Crippen molar-refractivity contribution >= 4 is 28.8 Å². The SMILES string of the molecule is O=C(Nc1ccccc1C1=NCCO1)c1ccc(-c2cccs2)cc1O. The van der Waals surface area contributed by atoms with E-state index < -0.39 is 0 Å². The number of benzene rings is 2. The molecule has 5 nitrogen and oxygen atoms in total. The standard InChI is InChI=1S/C20H16N2O3S/c23-17-12-13(18-6-3-11-26-18)7-8-15(17)19(24)22-16-5-2-1-4-14(16)20-21-9-10-25-20/h1-8,11-12,23H,9-10H2,(H,22,24). The lowest BCUT2D eigenvalue weighted by Crippen LogP contribution is -2.15. The largest absolute Gasteiger partial charge is 0.507 e. The smallest absolute Gasteiger partial charge is 0.259 e. The molecule has 0 atom stereocenters. The molecule has 0 bridgehead atoms. The van der Waals surface area contributed by atoms with Gasteiger partial charge in [-0.15, -0.1) is 11.3 Å². The van der Waals surface area contributed by atoms with E-state index in [1.807, 2.05) is 41.8 Å². The van der Waals surface area contributed by atoms with Crippen molar-refractivity contribution in [3.63, 3.8) is 0 Å². The molecule has 26 heavy (non-hydrogen) atoms. The summed E-state index contributed by atoms with van der Waals surface area (Å²) >= 11 is 1.58. The molecule has 0 radical (unpaired) electrons. The second kappa shape index (κ2) is 7.01. The predicted octanol–water partition coefficient (Wildman–Crippen LogP) is 4.15. The number of amides is 1. The van der Waals surface area contributed by atoms with E-state index in [1.54, 1.807) is 29.5 Å². The van der Waals surface area contributed by atoms with Crippen molar-refractivity contribution in [3.05, 3.63) is 71.1 Å². The second-order valence-electron chi connectivity index (χ2n) is 5.74. The van der Waals surface area contributed by atoms with Gasteiger partial charge >= 0.3 is 0 Å². The number of hydrogen-bond donors (Lipinski definition) is 2. The van der Waals surface area contributed by atoms with Crippen molar-refractivity contribution in [3.8, 4) is 16.2 Å². The first kappa shape index (κ1) is 16.4. The highest BCUT2D eigenvalue weighted by atomic mass is 32.1. The molecule has 0 unspecified atom stereocenters. The van der Waals surface area contributed by atoms with E-state index in [2.05, 4.69) is 10.3 Å². The Kier molecular flexibility index (Phi) is 4.41. The molecule has 1 aliphatic rings. The summed E-state index contributed by atoms with van der Waals surface area (Å²) in [4.78, 5) is 18.0. The number of ether oxygens (including phenoxy) is 1. The monoisotopic (exact) mass is 364 g/mol. The molecule has 1 aromatic heterocycles. The van der Waals surface area contributed by atoms with Gasteiger partial charge in [0.1, 0.15) is 12.4 Å². The van der Waals surface area contributed by atoms with E-state index in [-0.39, 0.29) is 17.2 Å². The van der Waals surface area contributed by atoms with E-state index in [1.165, 1.54) is 0 Å². The summed E-state index contributed by atoms with van der Waals surface area (Å²) in [7, 11) is 0. The van der Waals surface area contributed by atoms with Gasteiger partial charge < -0.3 is 15.2 Å². The highest BCUT2D eigenvalue weighted by Crippen LogP contribution is 2.30. The van der Waals surface area contributed by atoms with Crippen LogP contribution in [0.25, 0.3) is 10.4 Å². The number of thiophene rings is 1. The summed E-state index contributed by atoms with van der Waals surface area (Å²) in [5.74, 6) is 0.0878. The Morgan fingerprint density at radius 1 is 1.15 bits per heavy atom. The molecule has 1 amide bonds. The van der Waals surface area contributed by atoms with Gasteiger partial charge in [-0.25, -0.2) is 4.99 Å². The minimum atomic E-state index is -0.383. The quantitative estimate of drug-likeness (QED) is 0.731. The van der Waals surface area contributed by atoms with E-state index in [0.717, 1.165) is 16.0 Å². The van der Waals surface area contributed by atoms with Gasteiger partial charge in [-0.3, -0.25) is 4.79 Å². The van der Waals surface area contributed by atoms with Crippen LogP contribution in [0.3, 0.4) is 0 Å². The summed E-state index contributed by atoms with van der Waals surface area (Å²) in [5, 5.41) is 15.1. The molecule has 2 heterocycles. The first-order valence-corrected chi connectivity index (χ1v) is 9.05. The number of aliphatic imine (C=N–C) groups is 1. The van der Waals surface area contributed by atoms with Gasteiger partial charge in [-0.1, -0.05) is 24.3 Å². The van der Waals surface area contributed by atoms with Crippen LogP contribution in [-0.2, 0) is 4.74 Å². The third kappa shape index (κ3) is 3.19. The maximum absolute atomic E-state index is 12.7. The van der Waals surface area contributed by atoms with Gasteiger partial charge in [0, 0.05) is 4.88 Å². The lowest BCUT2D eigenvalue weighted by Gasteiger charge is -2.12. The number of para-hydroxylation sites is 1. The van der Waals surface area contributed by atoms with E-state index in [0.29, 0.717) is 24.7 Å². The Bertz CT molecular complexity index is 980. The van der Waals surface area contributed by atoms with Gasteiger partial charge in [-0.2, -0.15) is 0 Å². The number of carbonyl (C=O) groups is 1. The van der Waals surface area contributed by atoms with Crippen LogP contribution in [0.4, 0.5) is 5.69 Å². The minimum Gasteiger partial charge on any atom is -0.507 e. The average molecular weight is 364 g/mol. The fourth-order valence-corrected chi connectivity index (χ4v) is 3.51. The van der Waals surface area contributed by atoms with Crippen molar-refractivity contribution in [1.29, 1.82) is 0 Å². The van der Waals surface area contributed by atoms with Crippen LogP contribution in [0.15, 0.2) is 65.0 Å². The number of hydrogen-bond acceptors (Lipinski definition) is 5. The maximum Gasteiger partial charge on any atom is 0.259 e. The molecule has 0 saturated heterocycles. The van der Waals surface area contributed by atoms with Crippen LogP contribution in [0, 0.1) is 0 Å². The fraction of sp³-hybridized carbons (Fsp3) is 0.100. The van der Waals surface area contributed by atoms with Gasteiger partial charge in [0.15, 0.2) is 0 Å². The lowest BCUT2D eigenvalue weighted by molar-refractivity contribution is 0.102. The highest BCUT2D eigenvalue weighted by Gasteiger charge is 2.18. The van der Waals surface area contributed by atoms with Crippen LogP contribution in [-0.4, -0.2) is 30.1 Å². The van der Waals surface area contributed by atoms with Crippen LogP contribution < -0.4 is 5.32 Å². The summed E-state index contributed by atoms with van der Waals surface area (Å²) in [5.41, 5.74) is 2.42. The van der Waals surface area contributed by atoms with E-state index >= 15 is 0 Å². The van der Waals surface area contributed by atoms with Gasteiger partial charge in [-0.05, 0) is 41.3 Å². The molecule has 2 aromatic carbocycles. The molecule has 0 aliphatic carbocycles. The Balaban J connectivity index is 1.60. The van der Waals surface area contributed by atoms with Crippen molar-refractivity contribution in [1.82, 2.24) is 0 Å². The zero-order chi connectivity index (χ0) is 17.9. The number of nitrogens with one attached hydrogen (secondary N) is 1. The van der Waals surface area contributed by atoms with Crippen molar-refractivity contribution in [2.75, 3.05) is 18.5 Å². The number of rotatable bonds is 4. The van der Waals surface area contributed by atoms with Crippen molar-refractivity contribution in [2.24, 2.45) is 4.99 Å². The normalized spacial score (nSPS) is 13.2. The van der Waals surface area contributed by atoms with E-state index in [9.17, 15) is 9.90 Å². The second-order valence-corrected chi connectivity index (χ2v) is 6.69. The Labute approximate surface area is 154 Å². The van der Waals surface area contributed by atoms with Crippen LogP contribution in [0.5, 0.6) is 5.75 Å². The molecular weight excluding hydrogens is 348 g/mol. The molecule has 0 saturated carbocycles. The first-order valence-electron chi connectivity index (χ1n) is 8.17. The zero-order valence-corrected chi connectivity index (χ0v) is 14.6. The van der Waals surface area contributed by atoms with Crippen molar-refractivity contribution < 1.29 is 14.6 Å². The van der Waals surface area contributed by atoms with E-state index in [4.69, 9.17) is 4.74 Å². The number of carbonyl (C=O) groups excluding carboxylic acids is 1. The summed E-state index contributed by atoms with van der Waals surface area (Å²) < 4.78 is 5.50. The third-order valence-corrected chi connectivity index (χ3v) is 4.96. The number of aromatic hydroxyl groups is 1. The number of nitrogens with zero attached hydrogens (tertiary/aromatic N) is 1. The Hall–Kier alpha value is -3.12. The predicted molar refractivity (Wildman–Crippen MR) is 103 cm³/mol. The van der Waals surface area contributed by atoms with Gasteiger partial charge in [0.05, 0.1) is 23.4 Å². The van der Waals surface area contributed by atoms with Gasteiger partial charge in [0.25, 0.3) is 5.91 Å². The van der Waals surface area contributed by atoms with Crippen LogP contribution >= 0.6 is 11.3 Å². The number of phenolic OH excluding ortho intramolecular Hbond substituents is 1. The van der Waals surface area contributed by atoms with Gasteiger partial charge in [0.2, 0.25) is 5.90 Å². The maximum atomic E-state index is 12.7. The molecule has 6 heteroatoms. The Morgan fingerprint density at radius 2 is 2.04 bits per heavy atom. The molecule has 4 rings (SSSR count). The summed E-state index contributed by atoms with van der Waals surface area (Å²) in [6, 6.07) is 16.3. The number of phenols is 1. The van der Waals surface area contributed by atoms with Crippen LogP contribution in [0.2, 0.25) is 0 Å². The van der Waals surface area contributed by atoms with Crippen LogP contribution in [0.1, 0.15) is 15.9 Å². The molecule has 0 spiro atoms. The number of anilines is 1. The highest BCUT2D eigenvalue weighted by molar-refractivity contribution is 7.13. The first-order chi connectivity index (χ1) is 12.7. The average Bonchev–Trinajstić information content (AvgIpc) is 3.36. The summed E-state index contributed by atoms with van der Waals surface area (Å²) in [6.07, 6.45) is 0. The zero-order valence-electron chi connectivity index (χ0n) is 13.8. The molecule has 130 valence electrons. The topological polar surface area (TPSA) is 70.9 Å². The third-order valence-electron chi connectivity index (χ3n) is 4.04.